The molecule has 0 radical (unpaired) electrons. The second kappa shape index (κ2) is 8.77. The number of aromatic amines is 1. The number of aromatic nitrogens is 3. The molecule has 0 atom stereocenters. The van der Waals surface area contributed by atoms with Gasteiger partial charge in [0.25, 0.3) is 0 Å². The summed E-state index contributed by atoms with van der Waals surface area (Å²) in [6.45, 7) is 2.02. The molecule has 1 aromatic carbocycles. The number of hydrogen-bond acceptors (Lipinski definition) is 7. The van der Waals surface area contributed by atoms with E-state index >= 15 is 0 Å². The molecule has 2 rings (SSSR count). The number of aryl methyl sites for hydroxylation is 1. The number of rotatable bonds is 8. The van der Waals surface area contributed by atoms with Crippen molar-refractivity contribution < 1.29 is 19.4 Å². The SMILES string of the molecule is CCCc1nc(S/C(=C/c2cc(Cl)c(OC)c(OC)c2)C(=O)[O-])n[nH]1. The van der Waals surface area contributed by atoms with E-state index in [1.165, 1.54) is 20.3 Å². The molecule has 0 saturated heterocycles. The van der Waals surface area contributed by atoms with E-state index in [0.29, 0.717) is 33.1 Å². The summed E-state index contributed by atoms with van der Waals surface area (Å²) in [6.07, 6.45) is 3.07. The Morgan fingerprint density at radius 2 is 2.16 bits per heavy atom. The molecule has 2 aromatic rings. The predicted molar refractivity (Wildman–Crippen MR) is 93.8 cm³/mol. The molecule has 0 spiro atoms. The first kappa shape index (κ1) is 19.1. The van der Waals surface area contributed by atoms with Crippen LogP contribution in [0.4, 0.5) is 0 Å². The van der Waals surface area contributed by atoms with E-state index < -0.39 is 5.97 Å². The van der Waals surface area contributed by atoms with Crippen molar-refractivity contribution in [3.63, 3.8) is 0 Å². The fourth-order valence-corrected chi connectivity index (χ4v) is 3.09. The molecule has 7 nitrogen and oxygen atoms in total. The minimum Gasteiger partial charge on any atom is -0.544 e. The van der Waals surface area contributed by atoms with Crippen molar-refractivity contribution in [1.29, 1.82) is 0 Å². The number of hydrogen-bond donors (Lipinski definition) is 1. The smallest absolute Gasteiger partial charge is 0.213 e. The van der Waals surface area contributed by atoms with Crippen LogP contribution in [0.25, 0.3) is 6.08 Å². The lowest BCUT2D eigenvalue weighted by Gasteiger charge is -2.11. The Bertz CT molecular complexity index is 792. The van der Waals surface area contributed by atoms with Gasteiger partial charge in [0.05, 0.1) is 25.2 Å². The second-order valence-corrected chi connectivity index (χ2v) is 6.37. The van der Waals surface area contributed by atoms with Crippen LogP contribution in [0.1, 0.15) is 24.7 Å². The van der Waals surface area contributed by atoms with Crippen molar-refractivity contribution in [2.45, 2.75) is 24.9 Å². The molecule has 1 N–H and O–H groups in total. The third-order valence-corrected chi connectivity index (χ3v) is 4.30. The lowest BCUT2D eigenvalue weighted by Crippen LogP contribution is -2.23. The molecule has 0 aliphatic carbocycles. The van der Waals surface area contributed by atoms with E-state index in [4.69, 9.17) is 21.1 Å². The number of carboxylic acids is 1. The van der Waals surface area contributed by atoms with E-state index in [0.717, 1.165) is 24.6 Å². The van der Waals surface area contributed by atoms with E-state index in [1.807, 2.05) is 6.92 Å². The van der Waals surface area contributed by atoms with Crippen LogP contribution in [-0.2, 0) is 11.2 Å². The molecule has 1 heterocycles. The first-order valence-corrected chi connectivity index (χ1v) is 8.61. The zero-order valence-corrected chi connectivity index (χ0v) is 15.5. The van der Waals surface area contributed by atoms with Gasteiger partial charge in [0.15, 0.2) is 11.5 Å². The van der Waals surface area contributed by atoms with Crippen LogP contribution < -0.4 is 14.6 Å². The van der Waals surface area contributed by atoms with E-state index in [1.54, 1.807) is 12.1 Å². The second-order valence-electron chi connectivity index (χ2n) is 4.95. The molecule has 0 unspecified atom stereocenters. The van der Waals surface area contributed by atoms with Crippen molar-refractivity contribution >= 4 is 35.4 Å². The van der Waals surface area contributed by atoms with Crippen LogP contribution in [0.3, 0.4) is 0 Å². The molecule has 9 heteroatoms. The van der Waals surface area contributed by atoms with Gasteiger partial charge in [-0.3, -0.25) is 5.10 Å². The zero-order chi connectivity index (χ0) is 18.4. The number of aliphatic carboxylic acids is 1. The van der Waals surface area contributed by atoms with E-state index in [9.17, 15) is 9.90 Å². The Labute approximate surface area is 154 Å². The van der Waals surface area contributed by atoms with Crippen LogP contribution in [0.2, 0.25) is 5.02 Å². The fourth-order valence-electron chi connectivity index (χ4n) is 2.07. The van der Waals surface area contributed by atoms with Crippen molar-refractivity contribution in [2.75, 3.05) is 14.2 Å². The molecule has 0 saturated carbocycles. The van der Waals surface area contributed by atoms with Gasteiger partial charge in [-0.05, 0) is 42.0 Å². The van der Waals surface area contributed by atoms with Gasteiger partial charge in [-0.25, -0.2) is 4.98 Å². The summed E-state index contributed by atoms with van der Waals surface area (Å²) in [5.41, 5.74) is 0.527. The molecule has 25 heavy (non-hydrogen) atoms. The molecule has 134 valence electrons. The quantitative estimate of drug-likeness (QED) is 0.552. The Morgan fingerprint density at radius 3 is 2.76 bits per heavy atom. The molecule has 0 aliphatic heterocycles. The highest BCUT2D eigenvalue weighted by molar-refractivity contribution is 8.04. The molecular weight excluding hydrogens is 366 g/mol. The van der Waals surface area contributed by atoms with Gasteiger partial charge in [-0.15, -0.1) is 5.10 Å². The normalized spacial score (nSPS) is 11.4. The maximum atomic E-state index is 11.4. The molecule has 0 amide bonds. The Hall–Kier alpha value is -2.19. The predicted octanol–water partition coefficient (Wildman–Crippen LogP) is 2.31. The number of carbonyl (C=O) groups excluding carboxylic acids is 1. The number of methoxy groups -OCH3 is 2. The van der Waals surface area contributed by atoms with Gasteiger partial charge >= 0.3 is 0 Å². The van der Waals surface area contributed by atoms with Crippen LogP contribution in [-0.4, -0.2) is 35.4 Å². The summed E-state index contributed by atoms with van der Waals surface area (Å²) in [6, 6.07) is 3.20. The summed E-state index contributed by atoms with van der Waals surface area (Å²) >= 11 is 7.04. The molecular formula is C16H17ClN3O4S-. The minimum atomic E-state index is -1.34. The number of nitrogens with one attached hydrogen (secondary N) is 1. The number of thioether (sulfide) groups is 1. The minimum absolute atomic E-state index is 0.0506. The molecule has 1 aromatic heterocycles. The molecule has 0 bridgehead atoms. The van der Waals surface area contributed by atoms with Gasteiger partial charge in [0.1, 0.15) is 5.82 Å². The average molecular weight is 383 g/mol. The third-order valence-electron chi connectivity index (χ3n) is 3.15. The van der Waals surface area contributed by atoms with Gasteiger partial charge in [0.2, 0.25) is 5.16 Å². The van der Waals surface area contributed by atoms with Crippen LogP contribution >= 0.6 is 23.4 Å². The lowest BCUT2D eigenvalue weighted by molar-refractivity contribution is -0.297. The number of halogens is 1. The number of nitrogens with zero attached hydrogens (tertiary/aromatic N) is 2. The summed E-state index contributed by atoms with van der Waals surface area (Å²) in [5.74, 6) is 0.142. The highest BCUT2D eigenvalue weighted by Gasteiger charge is 2.12. The van der Waals surface area contributed by atoms with Crippen LogP contribution in [0.5, 0.6) is 11.5 Å². The number of H-pyrrole nitrogens is 1. The summed E-state index contributed by atoms with van der Waals surface area (Å²) in [7, 11) is 2.94. The summed E-state index contributed by atoms with van der Waals surface area (Å²) < 4.78 is 10.4. The summed E-state index contributed by atoms with van der Waals surface area (Å²) in [4.78, 5) is 15.6. The number of carbonyl (C=O) groups is 1. The van der Waals surface area contributed by atoms with Gasteiger partial charge in [-0.1, -0.05) is 18.5 Å². The Balaban J connectivity index is 2.33. The number of carboxylic acid groups (broad SMARTS) is 1. The Kier molecular flexibility index (Phi) is 6.72. The number of ether oxygens (including phenoxy) is 2. The third kappa shape index (κ3) is 4.90. The van der Waals surface area contributed by atoms with Gasteiger partial charge < -0.3 is 19.4 Å². The van der Waals surface area contributed by atoms with E-state index in [-0.39, 0.29) is 4.91 Å². The van der Waals surface area contributed by atoms with Crippen LogP contribution in [0, 0.1) is 0 Å². The molecule has 0 fully saturated rings. The van der Waals surface area contributed by atoms with Crippen molar-refractivity contribution in [3.8, 4) is 11.5 Å². The highest BCUT2D eigenvalue weighted by Crippen LogP contribution is 2.37. The van der Waals surface area contributed by atoms with Crippen LogP contribution in [0.15, 0.2) is 22.2 Å². The summed E-state index contributed by atoms with van der Waals surface area (Å²) in [5, 5.41) is 18.8. The lowest BCUT2D eigenvalue weighted by atomic mass is 10.2. The highest BCUT2D eigenvalue weighted by atomic mass is 35.5. The van der Waals surface area contributed by atoms with Crippen molar-refractivity contribution in [2.24, 2.45) is 0 Å². The maximum absolute atomic E-state index is 11.4. The topological polar surface area (TPSA) is 100 Å². The standard InChI is InChI=1S/C16H18ClN3O4S/c1-4-5-13-18-16(20-19-13)25-12(15(21)22)8-9-6-10(17)14(24-3)11(7-9)23-2/h6-8H,4-5H2,1-3H3,(H,21,22)(H,18,19,20)/p-1/b12-8+. The number of benzene rings is 1. The fraction of sp³-hybridized carbons (Fsp3) is 0.312. The van der Waals surface area contributed by atoms with Gasteiger partial charge in [0, 0.05) is 11.3 Å². The first-order chi connectivity index (χ1) is 12.0. The Morgan fingerprint density at radius 1 is 1.40 bits per heavy atom. The maximum Gasteiger partial charge on any atom is 0.213 e. The first-order valence-electron chi connectivity index (χ1n) is 7.42. The largest absolute Gasteiger partial charge is 0.544 e. The molecule has 0 aliphatic rings. The monoisotopic (exact) mass is 382 g/mol. The van der Waals surface area contributed by atoms with E-state index in [2.05, 4.69) is 15.2 Å². The average Bonchev–Trinajstić information content (AvgIpc) is 3.01. The van der Waals surface area contributed by atoms with Crippen molar-refractivity contribution in [3.05, 3.63) is 33.4 Å². The van der Waals surface area contributed by atoms with Gasteiger partial charge in [-0.2, -0.15) is 0 Å². The zero-order valence-electron chi connectivity index (χ0n) is 14.0. The van der Waals surface area contributed by atoms with Crippen molar-refractivity contribution in [1.82, 2.24) is 15.2 Å².